The summed E-state index contributed by atoms with van der Waals surface area (Å²) in [6.07, 6.45) is 0.639. The van der Waals surface area contributed by atoms with Crippen molar-refractivity contribution < 1.29 is 5.11 Å². The van der Waals surface area contributed by atoms with Crippen molar-refractivity contribution in [3.63, 3.8) is 0 Å². The monoisotopic (exact) mass is 319 g/mol. The number of H-pyrrole nitrogens is 1. The maximum Gasteiger partial charge on any atom is 0.205 e. The van der Waals surface area contributed by atoms with Crippen LogP contribution in [0, 0.1) is 0 Å². The van der Waals surface area contributed by atoms with E-state index in [2.05, 4.69) is 81.5 Å². The summed E-state index contributed by atoms with van der Waals surface area (Å²) in [5.74, 6) is 1.17. The summed E-state index contributed by atoms with van der Waals surface area (Å²) < 4.78 is 0. The van der Waals surface area contributed by atoms with Gasteiger partial charge in [0.25, 0.3) is 0 Å². The number of phenols is 1. The third-order valence-corrected chi connectivity index (χ3v) is 3.88. The third kappa shape index (κ3) is 3.64. The van der Waals surface area contributed by atoms with E-state index in [0.717, 1.165) is 22.5 Å². The molecule has 1 aromatic carbocycles. The largest absolute Gasteiger partial charge is 0.507 e. The Balaban J connectivity index is 2.55. The van der Waals surface area contributed by atoms with Crippen molar-refractivity contribution in [3.05, 3.63) is 34.6 Å². The lowest BCUT2D eigenvalue weighted by Gasteiger charge is -2.28. The number of aromatic hydroxyl groups is 1. The first-order valence-electron chi connectivity index (χ1n) is 7.45. The summed E-state index contributed by atoms with van der Waals surface area (Å²) in [7, 11) is 0. The van der Waals surface area contributed by atoms with Crippen LogP contribution in [0.4, 0.5) is 0 Å². The van der Waals surface area contributed by atoms with E-state index in [0.29, 0.717) is 17.3 Å². The number of hydrogen-bond acceptors (Lipinski definition) is 4. The number of nitrogens with zero attached hydrogens (tertiary/aromatic N) is 2. The smallest absolute Gasteiger partial charge is 0.205 e. The molecule has 120 valence electrons. The van der Waals surface area contributed by atoms with E-state index in [1.54, 1.807) is 0 Å². The predicted octanol–water partition coefficient (Wildman–Crippen LogP) is 3.98. The van der Waals surface area contributed by atoms with Gasteiger partial charge in [0.15, 0.2) is 0 Å². The van der Waals surface area contributed by atoms with E-state index < -0.39 is 0 Å². The van der Waals surface area contributed by atoms with Gasteiger partial charge in [0, 0.05) is 6.42 Å². The Labute approximate surface area is 137 Å². The average molecular weight is 319 g/mol. The number of benzene rings is 1. The molecule has 0 aliphatic carbocycles. The predicted molar refractivity (Wildman–Crippen MR) is 91.9 cm³/mol. The molecule has 2 N–H and O–H groups in total. The third-order valence-electron chi connectivity index (χ3n) is 3.68. The van der Waals surface area contributed by atoms with E-state index in [1.165, 1.54) is 0 Å². The van der Waals surface area contributed by atoms with Crippen LogP contribution in [0.5, 0.6) is 5.75 Å². The molecule has 5 heteroatoms. The second-order valence-corrected chi connectivity index (χ2v) is 8.20. The Bertz CT molecular complexity index is 643. The number of hydrogen-bond donors (Lipinski definition) is 3. The van der Waals surface area contributed by atoms with Gasteiger partial charge >= 0.3 is 0 Å². The minimum Gasteiger partial charge on any atom is -0.507 e. The summed E-state index contributed by atoms with van der Waals surface area (Å²) in [6, 6.07) is 4.12. The highest BCUT2D eigenvalue weighted by Crippen LogP contribution is 2.40. The second kappa shape index (κ2) is 5.61. The highest BCUT2D eigenvalue weighted by atomic mass is 32.1. The maximum absolute atomic E-state index is 10.7. The summed E-state index contributed by atoms with van der Waals surface area (Å²) in [4.78, 5) is 4.25. The number of thiol groups is 1. The molecular weight excluding hydrogens is 294 g/mol. The van der Waals surface area contributed by atoms with E-state index >= 15 is 0 Å². The van der Waals surface area contributed by atoms with Gasteiger partial charge < -0.3 is 5.11 Å². The van der Waals surface area contributed by atoms with Crippen LogP contribution in [0.1, 0.15) is 64.1 Å². The van der Waals surface area contributed by atoms with Crippen molar-refractivity contribution in [2.45, 2.75) is 63.9 Å². The molecule has 0 aliphatic rings. The summed E-state index contributed by atoms with van der Waals surface area (Å²) in [5, 5.41) is 18.0. The van der Waals surface area contributed by atoms with Crippen LogP contribution >= 0.6 is 12.6 Å². The van der Waals surface area contributed by atoms with E-state index in [4.69, 9.17) is 0 Å². The first kappa shape index (κ1) is 16.9. The zero-order valence-corrected chi connectivity index (χ0v) is 15.0. The highest BCUT2D eigenvalue weighted by Gasteiger charge is 2.26. The average Bonchev–Trinajstić information content (AvgIpc) is 2.74. The van der Waals surface area contributed by atoms with Crippen molar-refractivity contribution in [2.75, 3.05) is 0 Å². The maximum atomic E-state index is 10.7. The van der Waals surface area contributed by atoms with Crippen molar-refractivity contribution >= 4 is 12.6 Å². The van der Waals surface area contributed by atoms with Gasteiger partial charge in [0.05, 0.1) is 0 Å². The Morgan fingerprint density at radius 2 is 1.55 bits per heavy atom. The lowest BCUT2D eigenvalue weighted by molar-refractivity contribution is 0.422. The zero-order chi connectivity index (χ0) is 16.7. The Morgan fingerprint density at radius 1 is 1.05 bits per heavy atom. The van der Waals surface area contributed by atoms with E-state index in [-0.39, 0.29) is 10.8 Å². The van der Waals surface area contributed by atoms with Gasteiger partial charge in [0.2, 0.25) is 5.16 Å². The van der Waals surface area contributed by atoms with Gasteiger partial charge in [-0.3, -0.25) is 5.10 Å². The Hall–Kier alpha value is -1.49. The molecule has 0 saturated heterocycles. The van der Waals surface area contributed by atoms with Crippen LogP contribution in [-0.4, -0.2) is 20.3 Å². The minimum atomic E-state index is -0.129. The molecule has 0 fully saturated rings. The van der Waals surface area contributed by atoms with Crippen LogP contribution < -0.4 is 0 Å². The number of phenolic OH excluding ortho intramolecular Hbond substituents is 1. The van der Waals surface area contributed by atoms with Crippen molar-refractivity contribution in [2.24, 2.45) is 0 Å². The first-order valence-corrected chi connectivity index (χ1v) is 7.90. The summed E-state index contributed by atoms with van der Waals surface area (Å²) in [6.45, 7) is 12.7. The number of aromatic nitrogens is 3. The minimum absolute atomic E-state index is 0.129. The molecule has 2 rings (SSSR count). The first-order chi connectivity index (χ1) is 9.98. The fraction of sp³-hybridized carbons (Fsp3) is 0.529. The Morgan fingerprint density at radius 3 is 1.91 bits per heavy atom. The molecule has 1 aromatic heterocycles. The van der Waals surface area contributed by atoms with Gasteiger partial charge in [-0.15, -0.1) is 17.7 Å². The SMILES string of the molecule is CC(C)(C)c1cc(Cc2nc(S)n[nH]2)cc(C(C)(C)C)c1O. The molecular formula is C17H25N3OS. The van der Waals surface area contributed by atoms with Crippen LogP contribution in [0.25, 0.3) is 0 Å². The lowest BCUT2D eigenvalue weighted by Crippen LogP contribution is -2.18. The van der Waals surface area contributed by atoms with Crippen molar-refractivity contribution in [1.82, 2.24) is 15.2 Å². The fourth-order valence-electron chi connectivity index (χ4n) is 2.50. The van der Waals surface area contributed by atoms with Crippen LogP contribution in [0.15, 0.2) is 17.3 Å². The fourth-order valence-corrected chi connectivity index (χ4v) is 2.67. The van der Waals surface area contributed by atoms with E-state index in [9.17, 15) is 5.11 Å². The van der Waals surface area contributed by atoms with Crippen molar-refractivity contribution in [1.29, 1.82) is 0 Å². The van der Waals surface area contributed by atoms with Gasteiger partial charge in [-0.2, -0.15) is 0 Å². The van der Waals surface area contributed by atoms with Crippen LogP contribution in [0.3, 0.4) is 0 Å². The molecule has 0 atom stereocenters. The molecule has 22 heavy (non-hydrogen) atoms. The molecule has 0 radical (unpaired) electrons. The molecule has 0 spiro atoms. The summed E-state index contributed by atoms with van der Waals surface area (Å²) >= 11 is 4.13. The van der Waals surface area contributed by atoms with Gasteiger partial charge in [-0.05, 0) is 27.5 Å². The van der Waals surface area contributed by atoms with Crippen LogP contribution in [-0.2, 0) is 17.3 Å². The van der Waals surface area contributed by atoms with Gasteiger partial charge in [0.1, 0.15) is 11.6 Å². The number of aromatic amines is 1. The number of nitrogens with one attached hydrogen (secondary N) is 1. The van der Waals surface area contributed by atoms with Crippen LogP contribution in [0.2, 0.25) is 0 Å². The summed E-state index contributed by atoms with van der Waals surface area (Å²) in [5.41, 5.74) is 2.77. The van der Waals surface area contributed by atoms with Crippen molar-refractivity contribution in [3.8, 4) is 5.75 Å². The zero-order valence-electron chi connectivity index (χ0n) is 14.2. The second-order valence-electron chi connectivity index (χ2n) is 7.80. The molecule has 2 aromatic rings. The highest BCUT2D eigenvalue weighted by molar-refractivity contribution is 7.80. The molecule has 0 bridgehead atoms. The quantitative estimate of drug-likeness (QED) is 0.734. The standard InChI is InChI=1S/C17H25N3OS/c1-16(2,3)11-7-10(9-13-18-15(22)20-19-13)8-12(14(11)21)17(4,5)6/h7-8,21H,9H2,1-6H3,(H2,18,19,20,22). The van der Waals surface area contributed by atoms with E-state index in [1.807, 2.05) is 0 Å². The van der Waals surface area contributed by atoms with Gasteiger partial charge in [-0.1, -0.05) is 53.7 Å². The molecule has 4 nitrogen and oxygen atoms in total. The molecule has 1 heterocycles. The Kier molecular flexibility index (Phi) is 4.30. The molecule has 0 aliphatic heterocycles. The molecule has 0 unspecified atom stereocenters. The lowest BCUT2D eigenvalue weighted by atomic mass is 9.78. The molecule has 0 saturated carbocycles. The molecule has 0 amide bonds. The number of rotatable bonds is 2. The van der Waals surface area contributed by atoms with Gasteiger partial charge in [-0.25, -0.2) is 4.98 Å². The normalized spacial score (nSPS) is 12.7. The topological polar surface area (TPSA) is 61.8 Å².